The van der Waals surface area contributed by atoms with E-state index in [0.29, 0.717) is 0 Å². The normalized spacial score (nSPS) is 17.9. The van der Waals surface area contributed by atoms with Crippen molar-refractivity contribution >= 4 is 31.9 Å². The Morgan fingerprint density at radius 2 is 1.54 bits per heavy atom. The average molecular weight is 513 g/mol. The largest absolute Gasteiger partial charge is 0.492 e. The van der Waals surface area contributed by atoms with Crippen molar-refractivity contribution in [3.63, 3.8) is 0 Å². The smallest absolute Gasteiger partial charge is 0.449 e. The summed E-state index contributed by atoms with van der Waals surface area (Å²) in [4.78, 5) is 13.7. The molecule has 1 aliphatic carbocycles. The second-order valence-corrected chi connectivity index (χ2v) is 11.1. The molecule has 0 aromatic heterocycles. The lowest BCUT2D eigenvalue weighted by molar-refractivity contribution is 0.00578. The van der Waals surface area contributed by atoms with Crippen molar-refractivity contribution < 1.29 is 18.8 Å². The molecule has 2 aliphatic rings. The van der Waals surface area contributed by atoms with Crippen LogP contribution in [0.4, 0.5) is 4.79 Å². The number of rotatable bonds is 6. The van der Waals surface area contributed by atoms with Gasteiger partial charge in [-0.3, -0.25) is 0 Å². The van der Waals surface area contributed by atoms with E-state index in [1.54, 1.807) is 0 Å². The van der Waals surface area contributed by atoms with Crippen LogP contribution in [0.1, 0.15) is 50.3 Å². The van der Waals surface area contributed by atoms with Crippen molar-refractivity contribution in [3.05, 3.63) is 95.0 Å². The third-order valence-electron chi connectivity index (χ3n) is 7.56. The first-order valence-corrected chi connectivity index (χ1v) is 13.0. The van der Waals surface area contributed by atoms with Gasteiger partial charge in [0.1, 0.15) is 6.61 Å². The highest BCUT2D eigenvalue weighted by Gasteiger charge is 2.52. The molecular weight excluding hydrogens is 481 g/mol. The zero-order valence-electron chi connectivity index (χ0n) is 21.7. The van der Waals surface area contributed by atoms with Gasteiger partial charge in [0, 0.05) is 17.4 Å². The van der Waals surface area contributed by atoms with Gasteiger partial charge in [-0.15, -0.1) is 12.6 Å². The first kappa shape index (κ1) is 25.6. The molecule has 1 heterocycles. The fourth-order valence-corrected chi connectivity index (χ4v) is 5.08. The van der Waals surface area contributed by atoms with Gasteiger partial charge in [-0.2, -0.15) is 0 Å². The van der Waals surface area contributed by atoms with E-state index in [-0.39, 0.29) is 19.1 Å². The second kappa shape index (κ2) is 10.0. The summed E-state index contributed by atoms with van der Waals surface area (Å²) in [6, 6.07) is 24.4. The number of benzene rings is 3. The number of carbonyl (C=O) groups excluding carboxylic acids is 1. The van der Waals surface area contributed by atoms with Crippen molar-refractivity contribution in [3.8, 4) is 11.1 Å². The summed E-state index contributed by atoms with van der Waals surface area (Å²) in [7, 11) is -0.595. The zero-order chi connectivity index (χ0) is 26.2. The van der Waals surface area contributed by atoms with E-state index < -0.39 is 24.4 Å². The van der Waals surface area contributed by atoms with Crippen LogP contribution >= 0.6 is 12.6 Å². The Balaban J connectivity index is 1.29. The molecule has 0 spiro atoms. The van der Waals surface area contributed by atoms with Crippen LogP contribution in [0.5, 0.6) is 0 Å². The van der Waals surface area contributed by atoms with Crippen molar-refractivity contribution in [2.24, 2.45) is 0 Å². The van der Waals surface area contributed by atoms with Gasteiger partial charge in [0.25, 0.3) is 0 Å². The second-order valence-electron chi connectivity index (χ2n) is 10.6. The Morgan fingerprint density at radius 1 is 0.946 bits per heavy atom. The van der Waals surface area contributed by atoms with Gasteiger partial charge in [-0.05, 0) is 73.1 Å². The third kappa shape index (κ3) is 5.21. The Morgan fingerprint density at radius 3 is 2.14 bits per heavy atom. The van der Waals surface area contributed by atoms with Gasteiger partial charge in [-0.1, -0.05) is 66.7 Å². The van der Waals surface area contributed by atoms with Crippen LogP contribution in [0.3, 0.4) is 0 Å². The van der Waals surface area contributed by atoms with E-state index in [1.165, 1.54) is 22.3 Å². The molecule has 190 valence electrons. The molecule has 0 saturated carbocycles. The molecule has 1 N–H and O–H groups in total. The third-order valence-corrected chi connectivity index (χ3v) is 7.84. The molecule has 0 unspecified atom stereocenters. The molecule has 1 amide bonds. The van der Waals surface area contributed by atoms with Crippen molar-refractivity contribution in [2.75, 3.05) is 13.2 Å². The zero-order valence-corrected chi connectivity index (χ0v) is 22.5. The number of thiol groups is 1. The molecule has 0 radical (unpaired) electrons. The quantitative estimate of drug-likeness (QED) is 0.291. The Bertz CT molecular complexity index is 1290. The van der Waals surface area contributed by atoms with Crippen LogP contribution in [-0.2, 0) is 14.0 Å². The van der Waals surface area contributed by atoms with Gasteiger partial charge >= 0.3 is 13.2 Å². The lowest BCUT2D eigenvalue weighted by Crippen LogP contribution is -2.41. The maximum atomic E-state index is 12.8. The number of amides is 1. The predicted octanol–water partition coefficient (Wildman–Crippen LogP) is 6.53. The Kier molecular flexibility index (Phi) is 6.96. The number of hydrogen-bond acceptors (Lipinski definition) is 5. The van der Waals surface area contributed by atoms with E-state index >= 15 is 0 Å². The van der Waals surface area contributed by atoms with Crippen molar-refractivity contribution in [2.45, 2.75) is 49.7 Å². The first-order chi connectivity index (χ1) is 17.6. The van der Waals surface area contributed by atoms with Crippen LogP contribution in [0.25, 0.3) is 17.2 Å². The molecule has 5 nitrogen and oxygen atoms in total. The SMILES string of the molecule is CC1(C)OB(C(=Cc2cccc(S)c2)CNC(=O)OCC2c3ccccc3-c3ccccc32)OC1(C)C. The minimum absolute atomic E-state index is 0.00869. The Hall–Kier alpha value is -3.00. The van der Waals surface area contributed by atoms with E-state index in [1.807, 2.05) is 82.3 Å². The standard InChI is InChI=1S/C30H32BNO4S/c1-29(2)30(3,4)36-31(35-29)21(16-20-10-9-11-22(37)17-20)18-32-28(33)34-19-27-25-14-7-5-12-23(25)24-13-6-8-15-26(24)27/h5-17,27,37H,18-19H2,1-4H3,(H,32,33). The van der Waals surface area contributed by atoms with E-state index in [0.717, 1.165) is 15.9 Å². The van der Waals surface area contributed by atoms with E-state index in [9.17, 15) is 4.79 Å². The van der Waals surface area contributed by atoms with E-state index in [4.69, 9.17) is 14.0 Å². The van der Waals surface area contributed by atoms with E-state index in [2.05, 4.69) is 42.2 Å². The molecular formula is C30H32BNO4S. The minimum Gasteiger partial charge on any atom is -0.449 e. The highest BCUT2D eigenvalue weighted by Crippen LogP contribution is 2.44. The van der Waals surface area contributed by atoms with Crippen LogP contribution < -0.4 is 5.32 Å². The molecule has 1 saturated heterocycles. The summed E-state index contributed by atoms with van der Waals surface area (Å²) in [5, 5.41) is 2.91. The maximum Gasteiger partial charge on any atom is 0.492 e. The maximum absolute atomic E-state index is 12.8. The molecule has 3 aromatic carbocycles. The molecule has 3 aromatic rings. The van der Waals surface area contributed by atoms with Gasteiger partial charge < -0.3 is 19.4 Å². The average Bonchev–Trinajstić information content (AvgIpc) is 3.29. The monoisotopic (exact) mass is 513 g/mol. The first-order valence-electron chi connectivity index (χ1n) is 12.6. The van der Waals surface area contributed by atoms with Crippen LogP contribution in [0.15, 0.2) is 83.2 Å². The van der Waals surface area contributed by atoms with Crippen LogP contribution in [-0.4, -0.2) is 37.6 Å². The Labute approximate surface area is 224 Å². The van der Waals surface area contributed by atoms with Crippen LogP contribution in [0, 0.1) is 0 Å². The highest BCUT2D eigenvalue weighted by atomic mass is 32.1. The highest BCUT2D eigenvalue weighted by molar-refractivity contribution is 7.80. The summed E-state index contributed by atoms with van der Waals surface area (Å²) < 4.78 is 18.3. The number of ether oxygens (including phenoxy) is 1. The van der Waals surface area contributed by atoms with Crippen molar-refractivity contribution in [1.29, 1.82) is 0 Å². The fraction of sp³-hybridized carbons (Fsp3) is 0.300. The predicted molar refractivity (Wildman–Crippen MR) is 151 cm³/mol. The van der Waals surface area contributed by atoms with Crippen molar-refractivity contribution in [1.82, 2.24) is 5.32 Å². The minimum atomic E-state index is -0.595. The van der Waals surface area contributed by atoms with Gasteiger partial charge in [0.2, 0.25) is 0 Å². The number of hydrogen-bond donors (Lipinski definition) is 2. The molecule has 5 rings (SSSR count). The summed E-state index contributed by atoms with van der Waals surface area (Å²) in [6.45, 7) is 8.53. The molecule has 7 heteroatoms. The summed E-state index contributed by atoms with van der Waals surface area (Å²) in [6.07, 6.45) is 1.50. The number of nitrogens with one attached hydrogen (secondary N) is 1. The fourth-order valence-electron chi connectivity index (χ4n) is 4.85. The topological polar surface area (TPSA) is 56.8 Å². The summed E-state index contributed by atoms with van der Waals surface area (Å²) >= 11 is 4.46. The molecule has 1 fully saturated rings. The van der Waals surface area contributed by atoms with Gasteiger partial charge in [-0.25, -0.2) is 4.79 Å². The summed E-state index contributed by atoms with van der Waals surface area (Å²) in [5.41, 5.74) is 5.52. The van der Waals surface area contributed by atoms with Crippen LogP contribution in [0.2, 0.25) is 0 Å². The molecule has 0 atom stereocenters. The number of fused-ring (bicyclic) bond motifs is 3. The van der Waals surface area contributed by atoms with Gasteiger partial charge in [0.15, 0.2) is 0 Å². The van der Waals surface area contributed by atoms with Gasteiger partial charge in [0.05, 0.1) is 11.2 Å². The number of carbonyl (C=O) groups is 1. The number of alkyl carbamates (subject to hydrolysis) is 1. The molecule has 1 aliphatic heterocycles. The lowest BCUT2D eigenvalue weighted by atomic mass is 9.77. The molecule has 0 bridgehead atoms. The lowest BCUT2D eigenvalue weighted by Gasteiger charge is -2.32. The molecule has 37 heavy (non-hydrogen) atoms. The summed E-state index contributed by atoms with van der Waals surface area (Å²) in [5.74, 6) is 0.00869.